The van der Waals surface area contributed by atoms with E-state index in [1.165, 1.54) is 0 Å². The first-order chi connectivity index (χ1) is 7.83. The molecule has 1 aromatic rings. The third kappa shape index (κ3) is 4.18. The fourth-order valence-electron chi connectivity index (χ4n) is 1.26. The van der Waals surface area contributed by atoms with Crippen LogP contribution < -0.4 is 5.73 Å². The molecular formula is C10H11Cl2NO3S. The van der Waals surface area contributed by atoms with Gasteiger partial charge in [0.2, 0.25) is 9.84 Å². The summed E-state index contributed by atoms with van der Waals surface area (Å²) in [5.41, 5.74) is 5.59. The number of amides is 1. The van der Waals surface area contributed by atoms with Gasteiger partial charge in [-0.1, -0.05) is 29.3 Å². The summed E-state index contributed by atoms with van der Waals surface area (Å²) in [6.07, 6.45) is 0.798. The summed E-state index contributed by atoms with van der Waals surface area (Å²) in [5, 5.41) is -0.422. The van der Waals surface area contributed by atoms with Crippen molar-refractivity contribution in [2.45, 2.75) is 12.8 Å². The largest absolute Gasteiger partial charge is 0.356 e. The van der Waals surface area contributed by atoms with Crippen molar-refractivity contribution in [3.63, 3.8) is 0 Å². The minimum absolute atomic E-state index is 0.261. The normalized spacial score (nSPS) is 11.4. The summed E-state index contributed by atoms with van der Waals surface area (Å²) in [7, 11) is -3.81. The molecule has 1 aromatic carbocycles. The second kappa shape index (κ2) is 5.71. The quantitative estimate of drug-likeness (QED) is 0.926. The van der Waals surface area contributed by atoms with Crippen LogP contribution in [0.2, 0.25) is 10.0 Å². The zero-order chi connectivity index (χ0) is 13.1. The highest BCUT2D eigenvalue weighted by atomic mass is 35.5. The van der Waals surface area contributed by atoms with Crippen LogP contribution in [-0.4, -0.2) is 19.4 Å². The molecule has 0 bridgehead atoms. The second-order valence-electron chi connectivity index (χ2n) is 3.49. The molecule has 0 heterocycles. The number of carbonyl (C=O) groups excluding carboxylic acids is 1. The van der Waals surface area contributed by atoms with Crippen molar-refractivity contribution in [1.82, 2.24) is 0 Å². The molecule has 0 aliphatic carbocycles. The number of carbonyl (C=O) groups is 1. The molecular weight excluding hydrogens is 285 g/mol. The predicted octanol–water partition coefficient (Wildman–Crippen LogP) is 2.42. The Labute approximate surface area is 110 Å². The van der Waals surface area contributed by atoms with Crippen LogP contribution in [-0.2, 0) is 16.3 Å². The fourth-order valence-corrected chi connectivity index (χ4v) is 2.31. The molecule has 94 valence electrons. The number of benzene rings is 1. The minimum Gasteiger partial charge on any atom is -0.356 e. The SMILES string of the molecule is NC(=O)S(=O)(=O)CCCc1ccc(Cl)c(Cl)c1. The molecule has 1 amide bonds. The molecule has 4 nitrogen and oxygen atoms in total. The average Bonchev–Trinajstić information content (AvgIpc) is 2.23. The van der Waals surface area contributed by atoms with Gasteiger partial charge >= 0.3 is 5.24 Å². The highest BCUT2D eigenvalue weighted by Gasteiger charge is 2.17. The van der Waals surface area contributed by atoms with E-state index in [0.29, 0.717) is 22.9 Å². The number of sulfone groups is 1. The third-order valence-corrected chi connectivity index (χ3v) is 4.35. The summed E-state index contributed by atoms with van der Waals surface area (Å²) in [6.45, 7) is 0. The van der Waals surface area contributed by atoms with Gasteiger partial charge in [-0.25, -0.2) is 8.42 Å². The molecule has 0 spiro atoms. The summed E-state index contributed by atoms with van der Waals surface area (Å²) >= 11 is 11.5. The first-order valence-electron chi connectivity index (χ1n) is 4.79. The number of rotatable bonds is 4. The van der Waals surface area contributed by atoms with Gasteiger partial charge in [-0.3, -0.25) is 4.79 Å². The van der Waals surface area contributed by atoms with Crippen molar-refractivity contribution >= 4 is 38.3 Å². The van der Waals surface area contributed by atoms with Crippen molar-refractivity contribution in [3.8, 4) is 0 Å². The van der Waals surface area contributed by atoms with Crippen molar-refractivity contribution in [3.05, 3.63) is 33.8 Å². The Morgan fingerprint density at radius 2 is 1.88 bits per heavy atom. The van der Waals surface area contributed by atoms with Gasteiger partial charge in [-0.15, -0.1) is 0 Å². The summed E-state index contributed by atoms with van der Waals surface area (Å²) in [6, 6.07) is 5.06. The van der Waals surface area contributed by atoms with Crippen molar-refractivity contribution < 1.29 is 13.2 Å². The lowest BCUT2D eigenvalue weighted by molar-refractivity contribution is 0.265. The van der Waals surface area contributed by atoms with E-state index in [2.05, 4.69) is 0 Å². The maximum atomic E-state index is 11.1. The molecule has 0 fully saturated rings. The zero-order valence-corrected chi connectivity index (χ0v) is 11.1. The molecule has 0 aromatic heterocycles. The molecule has 0 unspecified atom stereocenters. The molecule has 0 aliphatic rings. The molecule has 0 aliphatic heterocycles. The van der Waals surface area contributed by atoms with E-state index in [9.17, 15) is 13.2 Å². The van der Waals surface area contributed by atoms with E-state index < -0.39 is 15.1 Å². The standard InChI is InChI=1S/C10H11Cl2NO3S/c11-8-4-3-7(6-9(8)12)2-1-5-17(15,16)10(13)14/h3-4,6H,1-2,5H2,(H2,13,14). The molecule has 0 atom stereocenters. The van der Waals surface area contributed by atoms with Gasteiger partial charge in [0.25, 0.3) is 0 Å². The second-order valence-corrected chi connectivity index (χ2v) is 6.34. The number of hydrogen-bond acceptors (Lipinski definition) is 3. The van der Waals surface area contributed by atoms with Gasteiger partial charge in [0.05, 0.1) is 15.8 Å². The van der Waals surface area contributed by atoms with E-state index in [0.717, 1.165) is 5.56 Å². The van der Waals surface area contributed by atoms with Crippen LogP contribution in [0, 0.1) is 0 Å². The third-order valence-electron chi connectivity index (χ3n) is 2.17. The van der Waals surface area contributed by atoms with Gasteiger partial charge in [0.15, 0.2) is 0 Å². The first kappa shape index (κ1) is 14.3. The fraction of sp³-hybridized carbons (Fsp3) is 0.300. The maximum absolute atomic E-state index is 11.1. The highest BCUT2D eigenvalue weighted by Crippen LogP contribution is 2.23. The van der Waals surface area contributed by atoms with Crippen LogP contribution in [0.1, 0.15) is 12.0 Å². The minimum atomic E-state index is -3.81. The number of primary amides is 1. The Kier molecular flexibility index (Phi) is 4.80. The van der Waals surface area contributed by atoms with E-state index >= 15 is 0 Å². The van der Waals surface area contributed by atoms with Crippen molar-refractivity contribution in [1.29, 1.82) is 0 Å². The van der Waals surface area contributed by atoms with Crippen LogP contribution in [0.25, 0.3) is 0 Å². The molecule has 0 saturated heterocycles. The number of halogens is 2. The van der Waals surface area contributed by atoms with Gasteiger partial charge in [-0.05, 0) is 30.5 Å². The Morgan fingerprint density at radius 1 is 1.24 bits per heavy atom. The van der Waals surface area contributed by atoms with Crippen LogP contribution in [0.15, 0.2) is 18.2 Å². The Hall–Kier alpha value is -0.780. The Bertz CT molecular complexity index is 528. The van der Waals surface area contributed by atoms with E-state index in [4.69, 9.17) is 28.9 Å². The van der Waals surface area contributed by atoms with E-state index in [1.807, 2.05) is 0 Å². The number of hydrogen-bond donors (Lipinski definition) is 1. The van der Waals surface area contributed by atoms with Gasteiger partial charge < -0.3 is 5.73 Å². The Balaban J connectivity index is 2.58. The van der Waals surface area contributed by atoms with Crippen LogP contribution in [0.4, 0.5) is 4.79 Å². The predicted molar refractivity (Wildman–Crippen MR) is 68.2 cm³/mol. The van der Waals surface area contributed by atoms with Crippen LogP contribution >= 0.6 is 23.2 Å². The topological polar surface area (TPSA) is 77.2 Å². The molecule has 1 rings (SSSR count). The average molecular weight is 296 g/mol. The monoisotopic (exact) mass is 295 g/mol. The zero-order valence-electron chi connectivity index (χ0n) is 8.82. The number of nitrogens with two attached hydrogens (primary N) is 1. The van der Waals surface area contributed by atoms with Gasteiger partial charge in [0.1, 0.15) is 0 Å². The first-order valence-corrected chi connectivity index (χ1v) is 7.20. The van der Waals surface area contributed by atoms with Crippen molar-refractivity contribution in [2.75, 3.05) is 5.75 Å². The molecule has 17 heavy (non-hydrogen) atoms. The number of aryl methyl sites for hydroxylation is 1. The van der Waals surface area contributed by atoms with Crippen LogP contribution in [0.3, 0.4) is 0 Å². The lowest BCUT2D eigenvalue weighted by Gasteiger charge is -2.03. The Morgan fingerprint density at radius 3 is 2.41 bits per heavy atom. The summed E-state index contributed by atoms with van der Waals surface area (Å²) in [5.74, 6) is -0.261. The van der Waals surface area contributed by atoms with E-state index in [1.54, 1.807) is 18.2 Å². The molecule has 0 radical (unpaired) electrons. The maximum Gasteiger partial charge on any atom is 0.333 e. The molecule has 2 N–H and O–H groups in total. The highest BCUT2D eigenvalue weighted by molar-refractivity contribution is 8.05. The molecule has 7 heteroatoms. The lowest BCUT2D eigenvalue weighted by atomic mass is 10.1. The summed E-state index contributed by atoms with van der Waals surface area (Å²) in [4.78, 5) is 10.6. The van der Waals surface area contributed by atoms with E-state index in [-0.39, 0.29) is 5.75 Å². The van der Waals surface area contributed by atoms with Gasteiger partial charge in [-0.2, -0.15) is 0 Å². The molecule has 0 saturated carbocycles. The lowest BCUT2D eigenvalue weighted by Crippen LogP contribution is -2.24. The van der Waals surface area contributed by atoms with Crippen LogP contribution in [0.5, 0.6) is 0 Å². The van der Waals surface area contributed by atoms with Gasteiger partial charge in [0, 0.05) is 0 Å². The smallest absolute Gasteiger partial charge is 0.333 e. The van der Waals surface area contributed by atoms with Crippen molar-refractivity contribution in [2.24, 2.45) is 5.73 Å². The summed E-state index contributed by atoms with van der Waals surface area (Å²) < 4.78 is 22.2.